The van der Waals surface area contributed by atoms with E-state index in [1.807, 2.05) is 0 Å². The second-order valence-electron chi connectivity index (χ2n) is 3.59. The summed E-state index contributed by atoms with van der Waals surface area (Å²) in [5.41, 5.74) is 0. The topological polar surface area (TPSA) is 88.0 Å². The van der Waals surface area contributed by atoms with Crippen LogP contribution in [0.2, 0.25) is 0 Å². The number of nitrogens with one attached hydrogen (secondary N) is 1. The van der Waals surface area contributed by atoms with Gasteiger partial charge in [-0.05, 0) is 6.42 Å². The lowest BCUT2D eigenvalue weighted by atomic mass is 9.96. The Morgan fingerprint density at radius 2 is 2.21 bits per heavy atom. The lowest BCUT2D eigenvalue weighted by molar-refractivity contribution is -0.249. The van der Waals surface area contributed by atoms with Crippen LogP contribution in [0, 0.1) is 5.92 Å². The van der Waals surface area contributed by atoms with E-state index < -0.39 is 24.6 Å². The van der Waals surface area contributed by atoms with Crippen LogP contribution in [0.3, 0.4) is 0 Å². The zero-order valence-corrected chi connectivity index (χ0v) is 7.71. The van der Waals surface area contributed by atoms with Gasteiger partial charge in [0, 0.05) is 5.92 Å². The number of hydrogen-bond acceptors (Lipinski definition) is 6. The van der Waals surface area contributed by atoms with Gasteiger partial charge in [-0.3, -0.25) is 10.1 Å². The highest BCUT2D eigenvalue weighted by Crippen LogP contribution is 2.32. The standard InChI is InChI=1S/C8H13NO5/c1-13-8(12)5-3-2-4(9-5)7(11)14-6(3)10/h3-7,9-11H,2H2,1H3/t3-,4-,5-,6?,7?/m1/s1. The van der Waals surface area contributed by atoms with Crippen LogP contribution >= 0.6 is 0 Å². The highest BCUT2D eigenvalue weighted by atomic mass is 16.7. The molecule has 2 rings (SSSR count). The molecule has 2 heterocycles. The second kappa shape index (κ2) is 3.47. The van der Waals surface area contributed by atoms with Crippen LogP contribution < -0.4 is 5.32 Å². The van der Waals surface area contributed by atoms with Crippen LogP contribution in [0.25, 0.3) is 0 Å². The summed E-state index contributed by atoms with van der Waals surface area (Å²) >= 11 is 0. The molecule has 0 amide bonds. The number of rotatable bonds is 1. The van der Waals surface area contributed by atoms with Crippen LogP contribution in [-0.4, -0.2) is 48.0 Å². The fraction of sp³-hybridized carbons (Fsp3) is 0.875. The van der Waals surface area contributed by atoms with Gasteiger partial charge in [0.05, 0.1) is 13.2 Å². The minimum absolute atomic E-state index is 0.299. The minimum atomic E-state index is -1.11. The van der Waals surface area contributed by atoms with Crippen molar-refractivity contribution in [2.75, 3.05) is 7.11 Å². The molecule has 5 atom stereocenters. The quantitative estimate of drug-likeness (QED) is 0.435. The van der Waals surface area contributed by atoms with Gasteiger partial charge in [-0.2, -0.15) is 0 Å². The van der Waals surface area contributed by atoms with E-state index in [2.05, 4.69) is 10.1 Å². The van der Waals surface area contributed by atoms with Crippen LogP contribution in [-0.2, 0) is 14.3 Å². The molecule has 0 aromatic carbocycles. The molecule has 2 aliphatic heterocycles. The van der Waals surface area contributed by atoms with Crippen LogP contribution in [0.15, 0.2) is 0 Å². The Kier molecular flexibility index (Phi) is 2.44. The normalized spacial score (nSPS) is 46.4. The van der Waals surface area contributed by atoms with Gasteiger partial charge in [0.2, 0.25) is 0 Å². The maximum absolute atomic E-state index is 11.3. The Balaban J connectivity index is 2.13. The van der Waals surface area contributed by atoms with Crippen LogP contribution in [0.4, 0.5) is 0 Å². The zero-order chi connectivity index (χ0) is 10.3. The largest absolute Gasteiger partial charge is 0.468 e. The lowest BCUT2D eigenvalue weighted by Gasteiger charge is -2.28. The molecule has 2 fully saturated rings. The van der Waals surface area contributed by atoms with E-state index in [0.717, 1.165) is 0 Å². The van der Waals surface area contributed by atoms with Gasteiger partial charge in [0.25, 0.3) is 0 Å². The summed E-state index contributed by atoms with van der Waals surface area (Å²) < 4.78 is 9.42. The average molecular weight is 203 g/mol. The van der Waals surface area contributed by atoms with Gasteiger partial charge in [0.15, 0.2) is 12.6 Å². The predicted octanol–water partition coefficient (Wildman–Crippen LogP) is -1.83. The van der Waals surface area contributed by atoms with Gasteiger partial charge in [-0.15, -0.1) is 0 Å². The van der Waals surface area contributed by atoms with Gasteiger partial charge >= 0.3 is 5.97 Å². The molecular weight excluding hydrogens is 190 g/mol. The average Bonchev–Trinajstić information content (AvgIpc) is 2.55. The fourth-order valence-electron chi connectivity index (χ4n) is 2.04. The minimum Gasteiger partial charge on any atom is -0.468 e. The first-order valence-corrected chi connectivity index (χ1v) is 4.49. The van der Waals surface area contributed by atoms with Gasteiger partial charge < -0.3 is 19.7 Å². The van der Waals surface area contributed by atoms with E-state index >= 15 is 0 Å². The van der Waals surface area contributed by atoms with E-state index in [0.29, 0.717) is 6.42 Å². The Morgan fingerprint density at radius 3 is 2.86 bits per heavy atom. The van der Waals surface area contributed by atoms with E-state index in [1.165, 1.54) is 7.11 Å². The SMILES string of the molecule is COC(=O)[C@@H]1N[C@@H]2C[C@H]1C(O)OC2O. The summed E-state index contributed by atoms with van der Waals surface area (Å²) in [5.74, 6) is -0.773. The zero-order valence-electron chi connectivity index (χ0n) is 7.71. The van der Waals surface area contributed by atoms with Crippen molar-refractivity contribution in [3.8, 4) is 0 Å². The molecule has 6 heteroatoms. The Hall–Kier alpha value is -0.690. The molecule has 0 aromatic rings. The first kappa shape index (κ1) is 9.85. The molecule has 0 radical (unpaired) electrons. The summed E-state index contributed by atoms with van der Waals surface area (Å²) in [6.45, 7) is 0. The number of carbonyl (C=O) groups is 1. The molecule has 0 spiro atoms. The van der Waals surface area contributed by atoms with Crippen molar-refractivity contribution < 1.29 is 24.5 Å². The number of fused-ring (bicyclic) bond motifs is 2. The molecule has 2 unspecified atom stereocenters. The third-order valence-electron chi connectivity index (χ3n) is 2.79. The third kappa shape index (κ3) is 1.40. The van der Waals surface area contributed by atoms with E-state index in [1.54, 1.807) is 0 Å². The molecule has 0 saturated carbocycles. The van der Waals surface area contributed by atoms with Crippen molar-refractivity contribution in [3.63, 3.8) is 0 Å². The van der Waals surface area contributed by atoms with E-state index in [-0.39, 0.29) is 12.0 Å². The van der Waals surface area contributed by atoms with Gasteiger partial charge in [-0.25, -0.2) is 0 Å². The first-order valence-electron chi connectivity index (χ1n) is 4.49. The number of carbonyl (C=O) groups excluding carboxylic acids is 1. The number of aliphatic hydroxyl groups excluding tert-OH is 2. The van der Waals surface area contributed by atoms with Crippen molar-refractivity contribution in [3.05, 3.63) is 0 Å². The predicted molar refractivity (Wildman–Crippen MR) is 43.9 cm³/mol. The number of ether oxygens (including phenoxy) is 2. The highest BCUT2D eigenvalue weighted by molar-refractivity contribution is 5.76. The maximum Gasteiger partial charge on any atom is 0.323 e. The summed E-state index contributed by atoms with van der Waals surface area (Å²) in [5, 5.41) is 21.7. The van der Waals surface area contributed by atoms with E-state index in [9.17, 15) is 15.0 Å². The molecule has 6 nitrogen and oxygen atoms in total. The smallest absolute Gasteiger partial charge is 0.323 e. The van der Waals surface area contributed by atoms with Crippen LogP contribution in [0.5, 0.6) is 0 Å². The lowest BCUT2D eigenvalue weighted by Crippen LogP contribution is -2.41. The first-order chi connectivity index (χ1) is 6.63. The summed E-state index contributed by atoms with van der Waals surface area (Å²) in [4.78, 5) is 11.3. The molecule has 2 saturated heterocycles. The third-order valence-corrected chi connectivity index (χ3v) is 2.79. The van der Waals surface area contributed by atoms with Gasteiger partial charge in [0.1, 0.15) is 6.04 Å². The number of methoxy groups -OCH3 is 1. The Morgan fingerprint density at radius 1 is 1.50 bits per heavy atom. The molecule has 0 aliphatic carbocycles. The molecule has 2 bridgehead atoms. The van der Waals surface area contributed by atoms with Crippen molar-refractivity contribution in [2.24, 2.45) is 5.92 Å². The van der Waals surface area contributed by atoms with Crippen molar-refractivity contribution in [1.82, 2.24) is 5.32 Å². The molecule has 80 valence electrons. The highest BCUT2D eigenvalue weighted by Gasteiger charge is 2.50. The molecule has 14 heavy (non-hydrogen) atoms. The van der Waals surface area contributed by atoms with Gasteiger partial charge in [-0.1, -0.05) is 0 Å². The summed E-state index contributed by atoms with van der Waals surface area (Å²) in [6.07, 6.45) is -1.65. The Bertz CT molecular complexity index is 246. The number of aliphatic hydroxyl groups is 2. The summed E-state index contributed by atoms with van der Waals surface area (Å²) in [6, 6.07) is -0.885. The second-order valence-corrected chi connectivity index (χ2v) is 3.59. The fourth-order valence-corrected chi connectivity index (χ4v) is 2.04. The van der Waals surface area contributed by atoms with E-state index in [4.69, 9.17) is 4.74 Å². The number of hydrogen-bond donors (Lipinski definition) is 3. The monoisotopic (exact) mass is 203 g/mol. The summed E-state index contributed by atoms with van der Waals surface area (Å²) in [7, 11) is 1.29. The van der Waals surface area contributed by atoms with Crippen molar-refractivity contribution >= 4 is 5.97 Å². The van der Waals surface area contributed by atoms with Crippen LogP contribution in [0.1, 0.15) is 6.42 Å². The van der Waals surface area contributed by atoms with Crippen molar-refractivity contribution in [1.29, 1.82) is 0 Å². The maximum atomic E-state index is 11.3. The van der Waals surface area contributed by atoms with Crippen molar-refractivity contribution in [2.45, 2.75) is 31.1 Å². The molecule has 2 aliphatic rings. The Labute approximate surface area is 80.8 Å². The molecule has 3 N–H and O–H groups in total. The molecular formula is C8H13NO5. The number of esters is 1. The molecule has 0 aromatic heterocycles.